The Morgan fingerprint density at radius 2 is 2.27 bits per heavy atom. The molecular formula is C16H23FN2O2S. The second kappa shape index (κ2) is 7.83. The first kappa shape index (κ1) is 17.1. The molecule has 2 amide bonds. The topological polar surface area (TPSA) is 61.4 Å². The van der Waals surface area contributed by atoms with E-state index in [4.69, 9.17) is 0 Å². The molecule has 22 heavy (non-hydrogen) atoms. The van der Waals surface area contributed by atoms with Crippen LogP contribution in [0.25, 0.3) is 0 Å². The summed E-state index contributed by atoms with van der Waals surface area (Å²) in [6.07, 6.45) is 1.48. The Bertz CT molecular complexity index is 525. The van der Waals surface area contributed by atoms with Crippen LogP contribution in [0.3, 0.4) is 0 Å². The number of aliphatic hydroxyl groups excluding tert-OH is 1. The molecule has 1 aromatic carbocycles. The summed E-state index contributed by atoms with van der Waals surface area (Å²) >= 11 is 1.68. The lowest BCUT2D eigenvalue weighted by Crippen LogP contribution is -2.46. The van der Waals surface area contributed by atoms with E-state index in [-0.39, 0.29) is 30.5 Å². The lowest BCUT2D eigenvalue weighted by atomic mass is 10.0. The predicted molar refractivity (Wildman–Crippen MR) is 86.5 cm³/mol. The number of carbonyl (C=O) groups is 1. The third-order valence-electron chi connectivity index (χ3n) is 3.63. The molecule has 2 rings (SSSR count). The van der Waals surface area contributed by atoms with Crippen molar-refractivity contribution in [3.63, 3.8) is 0 Å². The highest BCUT2D eigenvalue weighted by Crippen LogP contribution is 2.36. The molecule has 2 unspecified atom stereocenters. The van der Waals surface area contributed by atoms with Gasteiger partial charge >= 0.3 is 6.03 Å². The van der Waals surface area contributed by atoms with Crippen LogP contribution in [0.15, 0.2) is 23.1 Å². The molecule has 1 aliphatic heterocycles. The van der Waals surface area contributed by atoms with Gasteiger partial charge in [-0.05, 0) is 42.5 Å². The van der Waals surface area contributed by atoms with Crippen LogP contribution in [0.4, 0.5) is 9.18 Å². The third kappa shape index (κ3) is 4.61. The summed E-state index contributed by atoms with van der Waals surface area (Å²) in [6, 6.07) is 3.93. The number of thioether (sulfide) groups is 1. The van der Waals surface area contributed by atoms with Crippen molar-refractivity contribution in [2.24, 2.45) is 5.92 Å². The van der Waals surface area contributed by atoms with Gasteiger partial charge < -0.3 is 15.7 Å². The third-order valence-corrected chi connectivity index (χ3v) is 4.75. The van der Waals surface area contributed by atoms with Gasteiger partial charge in [-0.3, -0.25) is 0 Å². The first-order valence-corrected chi connectivity index (χ1v) is 8.58. The maximum Gasteiger partial charge on any atom is 0.315 e. The number of carbonyl (C=O) groups excluding carboxylic acids is 1. The minimum atomic E-state index is -0.313. The number of halogens is 1. The Balaban J connectivity index is 1.99. The van der Waals surface area contributed by atoms with Gasteiger partial charge in [-0.2, -0.15) is 0 Å². The molecule has 3 N–H and O–H groups in total. The molecule has 0 aromatic heterocycles. The number of aliphatic hydroxyl groups is 1. The van der Waals surface area contributed by atoms with E-state index in [0.717, 1.165) is 29.1 Å². The summed E-state index contributed by atoms with van der Waals surface area (Å²) < 4.78 is 13.4. The van der Waals surface area contributed by atoms with Crippen molar-refractivity contribution in [1.29, 1.82) is 0 Å². The number of hydrogen-bond acceptors (Lipinski definition) is 3. The summed E-state index contributed by atoms with van der Waals surface area (Å²) in [5.41, 5.74) is 0.829. The predicted octanol–water partition coefficient (Wildman–Crippen LogP) is 3.07. The number of urea groups is 1. The first-order valence-electron chi connectivity index (χ1n) is 7.59. The molecule has 1 aliphatic rings. The van der Waals surface area contributed by atoms with Crippen molar-refractivity contribution in [1.82, 2.24) is 10.6 Å². The first-order chi connectivity index (χ1) is 10.5. The highest BCUT2D eigenvalue weighted by atomic mass is 32.2. The standard InChI is InChI=1S/C16H23FN2O2S/c1-10(2)7-12(9-20)18-16(21)19-14-5-6-22-15-4-3-11(17)8-13(14)15/h3-4,8,10,12,14,20H,5-7,9H2,1-2H3,(H2,18,19,21). The summed E-state index contributed by atoms with van der Waals surface area (Å²) in [6.45, 7) is 4.00. The van der Waals surface area contributed by atoms with Crippen molar-refractivity contribution in [3.8, 4) is 0 Å². The Morgan fingerprint density at radius 3 is 2.95 bits per heavy atom. The maximum atomic E-state index is 13.4. The fourth-order valence-corrected chi connectivity index (χ4v) is 3.75. The molecule has 6 heteroatoms. The second-order valence-electron chi connectivity index (χ2n) is 6.00. The van der Waals surface area contributed by atoms with Gasteiger partial charge in [0.2, 0.25) is 0 Å². The molecule has 1 aromatic rings. The molecule has 2 atom stereocenters. The Morgan fingerprint density at radius 1 is 1.50 bits per heavy atom. The van der Waals surface area contributed by atoms with Gasteiger partial charge in [-0.25, -0.2) is 9.18 Å². The van der Waals surface area contributed by atoms with E-state index in [1.165, 1.54) is 12.1 Å². The Labute approximate surface area is 134 Å². The van der Waals surface area contributed by atoms with Crippen LogP contribution in [0.1, 0.15) is 38.3 Å². The van der Waals surface area contributed by atoms with E-state index in [1.807, 2.05) is 13.8 Å². The minimum absolute atomic E-state index is 0.0860. The second-order valence-corrected chi connectivity index (χ2v) is 7.14. The van der Waals surface area contributed by atoms with Crippen LogP contribution in [-0.4, -0.2) is 29.5 Å². The van der Waals surface area contributed by atoms with Crippen LogP contribution < -0.4 is 10.6 Å². The lowest BCUT2D eigenvalue weighted by Gasteiger charge is -2.27. The minimum Gasteiger partial charge on any atom is -0.394 e. The molecule has 0 aliphatic carbocycles. The summed E-state index contributed by atoms with van der Waals surface area (Å²) in [5, 5.41) is 15.0. The van der Waals surface area contributed by atoms with Gasteiger partial charge in [0.1, 0.15) is 5.82 Å². The largest absolute Gasteiger partial charge is 0.394 e. The van der Waals surface area contributed by atoms with E-state index < -0.39 is 0 Å². The smallest absolute Gasteiger partial charge is 0.315 e. The lowest BCUT2D eigenvalue weighted by molar-refractivity contribution is 0.204. The molecule has 4 nitrogen and oxygen atoms in total. The van der Waals surface area contributed by atoms with E-state index in [9.17, 15) is 14.3 Å². The zero-order valence-electron chi connectivity index (χ0n) is 12.9. The van der Waals surface area contributed by atoms with E-state index >= 15 is 0 Å². The van der Waals surface area contributed by atoms with Gasteiger partial charge in [0.05, 0.1) is 18.7 Å². The van der Waals surface area contributed by atoms with Gasteiger partial charge in [-0.15, -0.1) is 11.8 Å². The molecule has 0 saturated carbocycles. The number of rotatable bonds is 5. The quantitative estimate of drug-likeness (QED) is 0.779. The van der Waals surface area contributed by atoms with Crippen molar-refractivity contribution in [2.45, 2.75) is 43.7 Å². The van der Waals surface area contributed by atoms with E-state index in [1.54, 1.807) is 17.8 Å². The molecule has 0 bridgehead atoms. The van der Waals surface area contributed by atoms with Crippen LogP contribution in [-0.2, 0) is 0 Å². The van der Waals surface area contributed by atoms with Crippen LogP contribution in [0, 0.1) is 11.7 Å². The van der Waals surface area contributed by atoms with Crippen molar-refractivity contribution in [3.05, 3.63) is 29.6 Å². The van der Waals surface area contributed by atoms with E-state index in [2.05, 4.69) is 10.6 Å². The van der Waals surface area contributed by atoms with E-state index in [0.29, 0.717) is 5.92 Å². The highest BCUT2D eigenvalue weighted by molar-refractivity contribution is 7.99. The molecule has 0 spiro atoms. The number of benzene rings is 1. The van der Waals surface area contributed by atoms with Crippen molar-refractivity contribution < 1.29 is 14.3 Å². The maximum absolute atomic E-state index is 13.4. The number of nitrogens with one attached hydrogen (secondary N) is 2. The van der Waals surface area contributed by atoms with Gasteiger partial charge in [-0.1, -0.05) is 13.8 Å². The molecule has 1 heterocycles. The molecule has 0 fully saturated rings. The molecule has 122 valence electrons. The van der Waals surface area contributed by atoms with Crippen LogP contribution in [0.2, 0.25) is 0 Å². The zero-order valence-corrected chi connectivity index (χ0v) is 13.8. The van der Waals surface area contributed by atoms with Gasteiger partial charge in [0, 0.05) is 10.6 Å². The van der Waals surface area contributed by atoms with Gasteiger partial charge in [0.25, 0.3) is 0 Å². The molecule has 0 saturated heterocycles. The van der Waals surface area contributed by atoms with Crippen LogP contribution >= 0.6 is 11.8 Å². The number of hydrogen-bond donors (Lipinski definition) is 3. The van der Waals surface area contributed by atoms with Gasteiger partial charge in [0.15, 0.2) is 0 Å². The number of amides is 2. The normalized spacial score (nSPS) is 18.7. The fraction of sp³-hybridized carbons (Fsp3) is 0.562. The highest BCUT2D eigenvalue weighted by Gasteiger charge is 2.23. The Hall–Kier alpha value is -1.27. The SMILES string of the molecule is CC(C)CC(CO)NC(=O)NC1CCSc2ccc(F)cc21. The van der Waals surface area contributed by atoms with Crippen molar-refractivity contribution >= 4 is 17.8 Å². The van der Waals surface area contributed by atoms with Crippen molar-refractivity contribution in [2.75, 3.05) is 12.4 Å². The molecule has 0 radical (unpaired) electrons. The fourth-order valence-electron chi connectivity index (χ4n) is 2.65. The zero-order chi connectivity index (χ0) is 16.1. The number of fused-ring (bicyclic) bond motifs is 1. The Kier molecular flexibility index (Phi) is 6.08. The van der Waals surface area contributed by atoms with Crippen LogP contribution in [0.5, 0.6) is 0 Å². The monoisotopic (exact) mass is 326 g/mol. The average molecular weight is 326 g/mol. The summed E-state index contributed by atoms with van der Waals surface area (Å²) in [7, 11) is 0. The molecular weight excluding hydrogens is 303 g/mol. The summed E-state index contributed by atoms with van der Waals surface area (Å²) in [4.78, 5) is 13.1. The average Bonchev–Trinajstić information content (AvgIpc) is 2.46. The summed E-state index contributed by atoms with van der Waals surface area (Å²) in [5.74, 6) is 0.985.